The number of aromatic amines is 1. The van der Waals surface area contributed by atoms with Crippen LogP contribution in [0.3, 0.4) is 0 Å². The number of piperazine rings is 1. The quantitative estimate of drug-likeness (QED) is 0.487. The highest BCUT2D eigenvalue weighted by Gasteiger charge is 2.22. The molecule has 0 spiro atoms. The number of anilines is 1. The molecule has 3 aromatic rings. The van der Waals surface area contributed by atoms with Crippen molar-refractivity contribution in [3.8, 4) is 0 Å². The number of imidazole rings is 1. The maximum absolute atomic E-state index is 10.7. The van der Waals surface area contributed by atoms with Crippen LogP contribution >= 0.6 is 0 Å². The number of para-hydroxylation sites is 2. The van der Waals surface area contributed by atoms with Crippen molar-refractivity contribution in [2.45, 2.75) is 12.6 Å². The third-order valence-corrected chi connectivity index (χ3v) is 4.75. The summed E-state index contributed by atoms with van der Waals surface area (Å²) in [5, 5.41) is 24.9. The molecular weight excluding hydrogens is 350 g/mol. The highest BCUT2D eigenvalue weighted by molar-refractivity contribution is 5.77. The predicted molar refractivity (Wildman–Crippen MR) is 99.6 cm³/mol. The van der Waals surface area contributed by atoms with Crippen LogP contribution in [0, 0.1) is 10.1 Å². The average molecular weight is 371 g/mol. The molecule has 1 aliphatic heterocycles. The molecule has 0 saturated carbocycles. The van der Waals surface area contributed by atoms with Gasteiger partial charge in [0.2, 0.25) is 5.95 Å². The molecule has 1 unspecified atom stereocenters. The lowest BCUT2D eigenvalue weighted by Gasteiger charge is -2.35. The van der Waals surface area contributed by atoms with Gasteiger partial charge in [-0.25, -0.2) is 4.98 Å². The standard InChI is InChI=1S/C17H21N7O3/c25-14(12-23-10-13(9-18-23)24(26)27)11-21-5-7-22(8-6-21)17-19-15-3-1-2-4-16(15)20-17/h1-4,9-10,14,25H,5-8,11-12H2,(H,19,20). The number of β-amino-alcohol motifs (C(OH)–C–C–N with tert-alkyl or cyclic N) is 1. The minimum atomic E-state index is -0.637. The van der Waals surface area contributed by atoms with Crippen LogP contribution in [0.25, 0.3) is 11.0 Å². The zero-order valence-electron chi connectivity index (χ0n) is 14.7. The first-order chi connectivity index (χ1) is 13.1. The molecule has 3 heterocycles. The van der Waals surface area contributed by atoms with Crippen LogP contribution in [0.2, 0.25) is 0 Å². The number of aliphatic hydroxyl groups is 1. The first-order valence-corrected chi connectivity index (χ1v) is 8.85. The molecule has 142 valence electrons. The van der Waals surface area contributed by atoms with E-state index in [0.717, 1.165) is 43.2 Å². The summed E-state index contributed by atoms with van der Waals surface area (Å²) in [7, 11) is 0. The summed E-state index contributed by atoms with van der Waals surface area (Å²) in [4.78, 5) is 22.6. The number of nitrogens with one attached hydrogen (secondary N) is 1. The number of nitro groups is 1. The molecule has 10 heteroatoms. The fraction of sp³-hybridized carbons (Fsp3) is 0.412. The lowest BCUT2D eigenvalue weighted by Crippen LogP contribution is -2.49. The molecule has 1 aromatic carbocycles. The van der Waals surface area contributed by atoms with Gasteiger partial charge in [-0.2, -0.15) is 5.10 Å². The summed E-state index contributed by atoms with van der Waals surface area (Å²) in [5.41, 5.74) is 1.92. The predicted octanol–water partition coefficient (Wildman–Crippen LogP) is 0.851. The highest BCUT2D eigenvalue weighted by atomic mass is 16.6. The molecule has 10 nitrogen and oxygen atoms in total. The van der Waals surface area contributed by atoms with E-state index in [9.17, 15) is 15.2 Å². The Kier molecular flexibility index (Phi) is 4.73. The topological polar surface area (TPSA) is 116 Å². The van der Waals surface area contributed by atoms with Crippen molar-refractivity contribution in [2.24, 2.45) is 0 Å². The number of rotatable bonds is 6. The Morgan fingerprint density at radius 2 is 2.00 bits per heavy atom. The van der Waals surface area contributed by atoms with Crippen LogP contribution < -0.4 is 4.90 Å². The average Bonchev–Trinajstić information content (AvgIpc) is 3.29. The van der Waals surface area contributed by atoms with Crippen molar-refractivity contribution < 1.29 is 10.0 Å². The molecular formula is C17H21N7O3. The first kappa shape index (κ1) is 17.4. The molecule has 2 aromatic heterocycles. The van der Waals surface area contributed by atoms with E-state index in [2.05, 4.69) is 24.9 Å². The van der Waals surface area contributed by atoms with Crippen LogP contribution in [0.5, 0.6) is 0 Å². The number of fused-ring (bicyclic) bond motifs is 1. The van der Waals surface area contributed by atoms with Crippen molar-refractivity contribution in [1.29, 1.82) is 0 Å². The van der Waals surface area contributed by atoms with Gasteiger partial charge in [-0.15, -0.1) is 0 Å². The summed E-state index contributed by atoms with van der Waals surface area (Å²) in [5.74, 6) is 0.875. The van der Waals surface area contributed by atoms with Gasteiger partial charge >= 0.3 is 5.69 Å². The molecule has 0 aliphatic carbocycles. The maximum Gasteiger partial charge on any atom is 0.306 e. The number of H-pyrrole nitrogens is 1. The second kappa shape index (κ2) is 7.33. The van der Waals surface area contributed by atoms with Crippen LogP contribution in [-0.2, 0) is 6.54 Å². The van der Waals surface area contributed by atoms with E-state index in [1.54, 1.807) is 0 Å². The Morgan fingerprint density at radius 3 is 2.70 bits per heavy atom. The molecule has 0 bridgehead atoms. The van der Waals surface area contributed by atoms with Gasteiger partial charge in [0.05, 0.1) is 28.6 Å². The van der Waals surface area contributed by atoms with E-state index in [1.165, 1.54) is 17.1 Å². The lowest BCUT2D eigenvalue weighted by molar-refractivity contribution is -0.385. The van der Waals surface area contributed by atoms with Gasteiger partial charge in [0.1, 0.15) is 12.4 Å². The fourth-order valence-electron chi connectivity index (χ4n) is 3.35. The second-order valence-electron chi connectivity index (χ2n) is 6.70. The molecule has 2 N–H and O–H groups in total. The summed E-state index contributed by atoms with van der Waals surface area (Å²) in [6.45, 7) is 4.00. The number of hydrogen-bond acceptors (Lipinski definition) is 7. The normalized spacial score (nSPS) is 16.7. The zero-order chi connectivity index (χ0) is 18.8. The fourth-order valence-corrected chi connectivity index (χ4v) is 3.35. The summed E-state index contributed by atoms with van der Waals surface area (Å²) in [6, 6.07) is 7.96. The molecule has 1 atom stereocenters. The van der Waals surface area contributed by atoms with E-state index in [4.69, 9.17) is 0 Å². The van der Waals surface area contributed by atoms with Gasteiger partial charge in [-0.05, 0) is 12.1 Å². The third-order valence-electron chi connectivity index (χ3n) is 4.75. The number of aromatic nitrogens is 4. The Bertz CT molecular complexity index is 896. The second-order valence-corrected chi connectivity index (χ2v) is 6.70. The Hall–Kier alpha value is -2.98. The van der Waals surface area contributed by atoms with Gasteiger partial charge < -0.3 is 15.0 Å². The van der Waals surface area contributed by atoms with Crippen LogP contribution in [-0.4, -0.2) is 73.5 Å². The van der Waals surface area contributed by atoms with Crippen LogP contribution in [0.15, 0.2) is 36.7 Å². The van der Waals surface area contributed by atoms with E-state index in [-0.39, 0.29) is 12.2 Å². The zero-order valence-corrected chi connectivity index (χ0v) is 14.7. The van der Waals surface area contributed by atoms with Crippen molar-refractivity contribution >= 4 is 22.7 Å². The first-order valence-electron chi connectivity index (χ1n) is 8.85. The van der Waals surface area contributed by atoms with Crippen LogP contribution in [0.4, 0.5) is 11.6 Å². The summed E-state index contributed by atoms with van der Waals surface area (Å²) >= 11 is 0. The van der Waals surface area contributed by atoms with Gasteiger partial charge in [0, 0.05) is 32.7 Å². The lowest BCUT2D eigenvalue weighted by atomic mass is 10.2. The van der Waals surface area contributed by atoms with E-state index in [1.807, 2.05) is 24.3 Å². The van der Waals surface area contributed by atoms with Gasteiger partial charge in [0.25, 0.3) is 0 Å². The number of hydrogen-bond donors (Lipinski definition) is 2. The Labute approximate surface area is 155 Å². The Morgan fingerprint density at radius 1 is 1.22 bits per heavy atom. The van der Waals surface area contributed by atoms with Gasteiger partial charge in [-0.3, -0.25) is 19.7 Å². The molecule has 1 aliphatic rings. The van der Waals surface area contributed by atoms with Crippen LogP contribution in [0.1, 0.15) is 0 Å². The summed E-state index contributed by atoms with van der Waals surface area (Å²) < 4.78 is 1.41. The van der Waals surface area contributed by atoms with Crippen molar-refractivity contribution in [3.05, 3.63) is 46.8 Å². The SMILES string of the molecule is O=[N+]([O-])c1cnn(CC(O)CN2CCN(c3nc4ccccc4[nH]3)CC2)c1. The van der Waals surface area contributed by atoms with Crippen molar-refractivity contribution in [1.82, 2.24) is 24.6 Å². The third kappa shape index (κ3) is 3.91. The van der Waals surface area contributed by atoms with Crippen molar-refractivity contribution in [3.63, 3.8) is 0 Å². The number of nitrogens with zero attached hydrogens (tertiary/aromatic N) is 6. The van der Waals surface area contributed by atoms with Crippen molar-refractivity contribution in [2.75, 3.05) is 37.6 Å². The molecule has 27 heavy (non-hydrogen) atoms. The monoisotopic (exact) mass is 371 g/mol. The van der Waals surface area contributed by atoms with Gasteiger partial charge in [0.15, 0.2) is 0 Å². The minimum absolute atomic E-state index is 0.0679. The van der Waals surface area contributed by atoms with E-state index < -0.39 is 11.0 Å². The largest absolute Gasteiger partial charge is 0.390 e. The van der Waals surface area contributed by atoms with E-state index >= 15 is 0 Å². The highest BCUT2D eigenvalue weighted by Crippen LogP contribution is 2.18. The Balaban J connectivity index is 1.29. The molecule has 4 rings (SSSR count). The number of aliphatic hydroxyl groups excluding tert-OH is 1. The smallest absolute Gasteiger partial charge is 0.306 e. The molecule has 0 amide bonds. The molecule has 1 fully saturated rings. The summed E-state index contributed by atoms with van der Waals surface area (Å²) in [6.07, 6.45) is 1.89. The minimum Gasteiger partial charge on any atom is -0.390 e. The van der Waals surface area contributed by atoms with E-state index in [0.29, 0.717) is 6.54 Å². The number of benzene rings is 1. The molecule has 1 saturated heterocycles. The maximum atomic E-state index is 10.7. The van der Waals surface area contributed by atoms with Gasteiger partial charge in [-0.1, -0.05) is 12.1 Å². The molecule has 0 radical (unpaired) electrons.